The Hall–Kier alpha value is -2.80. The average molecular weight is 315 g/mol. The molecule has 5 nitrogen and oxygen atoms in total. The molecule has 22 heavy (non-hydrogen) atoms. The summed E-state index contributed by atoms with van der Waals surface area (Å²) in [5, 5.41) is 4.73. The van der Waals surface area contributed by atoms with E-state index in [9.17, 15) is 14.0 Å². The molecule has 0 atom stereocenters. The number of rotatable bonds is 2. The van der Waals surface area contributed by atoms with E-state index in [0.29, 0.717) is 11.4 Å². The quantitative estimate of drug-likeness (QED) is 0.502. The second-order valence-corrected chi connectivity index (χ2v) is 4.98. The molecule has 2 N–H and O–H groups in total. The van der Waals surface area contributed by atoms with Crippen LogP contribution in [0.25, 0.3) is 11.8 Å². The van der Waals surface area contributed by atoms with Crippen LogP contribution in [0.1, 0.15) is 5.69 Å². The second kappa shape index (κ2) is 5.53. The van der Waals surface area contributed by atoms with Gasteiger partial charge >= 0.3 is 0 Å². The fraction of sp³-hybridized carbons (Fsp3) is 0. The summed E-state index contributed by atoms with van der Waals surface area (Å²) in [6.45, 7) is 0. The number of nitrogens with one attached hydrogen (secondary N) is 2. The summed E-state index contributed by atoms with van der Waals surface area (Å²) in [7, 11) is 0. The lowest BCUT2D eigenvalue weighted by Crippen LogP contribution is -2.51. The molecule has 7 heteroatoms. The van der Waals surface area contributed by atoms with Gasteiger partial charge in [0.1, 0.15) is 11.4 Å². The maximum atomic E-state index is 13.0. The highest BCUT2D eigenvalue weighted by atomic mass is 32.1. The lowest BCUT2D eigenvalue weighted by Gasteiger charge is -2.16. The van der Waals surface area contributed by atoms with Gasteiger partial charge in [-0.05, 0) is 54.7 Å². The van der Waals surface area contributed by atoms with Gasteiger partial charge in [0.05, 0.1) is 0 Å². The van der Waals surface area contributed by atoms with E-state index in [-0.39, 0.29) is 16.5 Å². The number of carbonyl (C=O) groups is 2. The summed E-state index contributed by atoms with van der Waals surface area (Å²) >= 11 is 4.74. The SMILES string of the molecule is O=C1NC(=S)NC(=O)C1=Cc1cccn1-c1ccc(F)cc1. The van der Waals surface area contributed by atoms with E-state index in [1.165, 1.54) is 18.2 Å². The summed E-state index contributed by atoms with van der Waals surface area (Å²) in [5.74, 6) is -1.45. The molecule has 110 valence electrons. The van der Waals surface area contributed by atoms with E-state index in [2.05, 4.69) is 10.6 Å². The van der Waals surface area contributed by atoms with E-state index < -0.39 is 11.8 Å². The third-order valence-electron chi connectivity index (χ3n) is 3.12. The van der Waals surface area contributed by atoms with Gasteiger partial charge in [-0.1, -0.05) is 0 Å². The van der Waals surface area contributed by atoms with Gasteiger partial charge in [0.25, 0.3) is 11.8 Å². The Morgan fingerprint density at radius 3 is 2.32 bits per heavy atom. The van der Waals surface area contributed by atoms with E-state index in [1.807, 2.05) is 0 Å². The van der Waals surface area contributed by atoms with Crippen LogP contribution in [-0.2, 0) is 9.59 Å². The molecule has 3 rings (SSSR count). The molecule has 0 radical (unpaired) electrons. The van der Waals surface area contributed by atoms with Gasteiger partial charge in [0.15, 0.2) is 5.11 Å². The number of hydrogen-bond donors (Lipinski definition) is 2. The van der Waals surface area contributed by atoms with Crippen molar-refractivity contribution in [1.29, 1.82) is 0 Å². The first kappa shape index (κ1) is 14.2. The van der Waals surface area contributed by atoms with Crippen LogP contribution in [0.15, 0.2) is 48.2 Å². The minimum atomic E-state index is -0.555. The molecule has 1 fully saturated rings. The van der Waals surface area contributed by atoms with Crippen molar-refractivity contribution in [2.75, 3.05) is 0 Å². The molecule has 1 aliphatic heterocycles. The average Bonchev–Trinajstić information content (AvgIpc) is 2.92. The zero-order valence-corrected chi connectivity index (χ0v) is 12.0. The standard InChI is InChI=1S/C15H10FN3O2S/c16-9-3-5-10(6-4-9)19-7-1-2-11(19)8-12-13(20)17-15(22)18-14(12)21/h1-8H,(H2,17,18,20,21,22). The molecule has 2 aromatic rings. The molecular formula is C15H10FN3O2S. The number of halogens is 1. The van der Waals surface area contributed by atoms with Crippen LogP contribution in [0.5, 0.6) is 0 Å². The Morgan fingerprint density at radius 2 is 1.68 bits per heavy atom. The Morgan fingerprint density at radius 1 is 1.05 bits per heavy atom. The Kier molecular flexibility index (Phi) is 3.56. The Bertz CT molecular complexity index is 786. The summed E-state index contributed by atoms with van der Waals surface area (Å²) in [4.78, 5) is 23.7. The second-order valence-electron chi connectivity index (χ2n) is 4.57. The highest BCUT2D eigenvalue weighted by Crippen LogP contribution is 2.17. The molecular weight excluding hydrogens is 305 g/mol. The number of nitrogens with zero attached hydrogens (tertiary/aromatic N) is 1. The Labute approximate surface area is 130 Å². The molecule has 1 aromatic carbocycles. The molecule has 0 unspecified atom stereocenters. The predicted octanol–water partition coefficient (Wildman–Crippen LogP) is 1.53. The topological polar surface area (TPSA) is 63.1 Å². The maximum absolute atomic E-state index is 13.0. The summed E-state index contributed by atoms with van der Waals surface area (Å²) in [6, 6.07) is 9.39. The Balaban J connectivity index is 2.00. The highest BCUT2D eigenvalue weighted by Gasteiger charge is 2.26. The van der Waals surface area contributed by atoms with E-state index in [0.717, 1.165) is 0 Å². The van der Waals surface area contributed by atoms with Crippen LogP contribution < -0.4 is 10.6 Å². The zero-order chi connectivity index (χ0) is 15.7. The molecule has 2 heterocycles. The fourth-order valence-electron chi connectivity index (χ4n) is 2.10. The van der Waals surface area contributed by atoms with E-state index in [4.69, 9.17) is 12.2 Å². The number of thiocarbonyl (C=S) groups is 1. The van der Waals surface area contributed by atoms with Crippen molar-refractivity contribution in [1.82, 2.24) is 15.2 Å². The molecule has 0 aliphatic carbocycles. The monoisotopic (exact) mass is 315 g/mol. The number of benzene rings is 1. The smallest absolute Gasteiger partial charge is 0.263 e. The van der Waals surface area contributed by atoms with Crippen molar-refractivity contribution in [2.24, 2.45) is 0 Å². The molecule has 2 amide bonds. The van der Waals surface area contributed by atoms with Gasteiger partial charge in [-0.25, -0.2) is 4.39 Å². The molecule has 1 aromatic heterocycles. The van der Waals surface area contributed by atoms with Crippen LogP contribution in [0, 0.1) is 5.82 Å². The minimum Gasteiger partial charge on any atom is -0.317 e. The van der Waals surface area contributed by atoms with Crippen LogP contribution in [0.3, 0.4) is 0 Å². The number of hydrogen-bond acceptors (Lipinski definition) is 3. The van der Waals surface area contributed by atoms with Crippen LogP contribution in [0.4, 0.5) is 4.39 Å². The zero-order valence-electron chi connectivity index (χ0n) is 11.2. The molecule has 0 bridgehead atoms. The van der Waals surface area contributed by atoms with Gasteiger partial charge in [-0.15, -0.1) is 0 Å². The van der Waals surface area contributed by atoms with E-state index in [1.54, 1.807) is 35.0 Å². The van der Waals surface area contributed by atoms with Crippen molar-refractivity contribution in [3.8, 4) is 5.69 Å². The largest absolute Gasteiger partial charge is 0.317 e. The fourth-order valence-corrected chi connectivity index (χ4v) is 2.29. The van der Waals surface area contributed by atoms with Gasteiger partial charge in [-0.2, -0.15) is 0 Å². The first-order valence-electron chi connectivity index (χ1n) is 6.36. The summed E-state index contributed by atoms with van der Waals surface area (Å²) < 4.78 is 14.7. The number of carbonyl (C=O) groups excluding carboxylic acids is 2. The predicted molar refractivity (Wildman–Crippen MR) is 82.6 cm³/mol. The van der Waals surface area contributed by atoms with Gasteiger partial charge in [0, 0.05) is 17.6 Å². The van der Waals surface area contributed by atoms with Crippen LogP contribution in [0.2, 0.25) is 0 Å². The minimum absolute atomic E-state index is 0.0129. The molecule has 0 spiro atoms. The lowest BCUT2D eigenvalue weighted by molar-refractivity contribution is -0.123. The number of aromatic nitrogens is 1. The normalized spacial score (nSPS) is 14.6. The third-order valence-corrected chi connectivity index (χ3v) is 3.32. The number of amides is 2. The van der Waals surface area contributed by atoms with Crippen molar-refractivity contribution in [3.63, 3.8) is 0 Å². The molecule has 1 saturated heterocycles. The van der Waals surface area contributed by atoms with Gasteiger partial charge in [0.2, 0.25) is 0 Å². The van der Waals surface area contributed by atoms with Crippen LogP contribution >= 0.6 is 12.2 Å². The van der Waals surface area contributed by atoms with Gasteiger partial charge in [-0.3, -0.25) is 20.2 Å². The summed E-state index contributed by atoms with van der Waals surface area (Å²) in [6.07, 6.45) is 3.21. The lowest BCUT2D eigenvalue weighted by atomic mass is 10.1. The van der Waals surface area contributed by atoms with Crippen molar-refractivity contribution >= 4 is 35.2 Å². The first-order valence-corrected chi connectivity index (χ1v) is 6.77. The van der Waals surface area contributed by atoms with Gasteiger partial charge < -0.3 is 4.57 Å². The van der Waals surface area contributed by atoms with E-state index >= 15 is 0 Å². The summed E-state index contributed by atoms with van der Waals surface area (Å²) in [5.41, 5.74) is 1.28. The maximum Gasteiger partial charge on any atom is 0.263 e. The van der Waals surface area contributed by atoms with Crippen molar-refractivity contribution in [2.45, 2.75) is 0 Å². The molecule has 1 aliphatic rings. The first-order chi connectivity index (χ1) is 10.5. The van der Waals surface area contributed by atoms with Crippen LogP contribution in [-0.4, -0.2) is 21.5 Å². The van der Waals surface area contributed by atoms with Crippen molar-refractivity contribution < 1.29 is 14.0 Å². The highest BCUT2D eigenvalue weighted by molar-refractivity contribution is 7.80. The third kappa shape index (κ3) is 2.66. The molecule has 0 saturated carbocycles. The van der Waals surface area contributed by atoms with Crippen molar-refractivity contribution in [3.05, 3.63) is 59.7 Å².